The second kappa shape index (κ2) is 11.7. The van der Waals surface area contributed by atoms with E-state index in [4.69, 9.17) is 18.9 Å². The minimum absolute atomic E-state index is 0.0611. The van der Waals surface area contributed by atoms with E-state index < -0.39 is 40.8 Å². The fourth-order valence-corrected chi connectivity index (χ4v) is 5.70. The molecule has 2 aliphatic heterocycles. The van der Waals surface area contributed by atoms with E-state index in [0.29, 0.717) is 37.1 Å². The van der Waals surface area contributed by atoms with Crippen LogP contribution >= 0.6 is 0 Å². The largest absolute Gasteiger partial charge is 0.481 e. The number of carbonyl (C=O) groups excluding carboxylic acids is 2. The number of alkyl carbamates (subject to hydrolysis) is 2. The Balaban J connectivity index is 1.39. The zero-order valence-corrected chi connectivity index (χ0v) is 24.4. The molecule has 1 saturated carbocycles. The summed E-state index contributed by atoms with van der Waals surface area (Å²) in [4.78, 5) is 34.3. The van der Waals surface area contributed by atoms with Crippen molar-refractivity contribution < 1.29 is 32.9 Å². The predicted molar refractivity (Wildman–Crippen MR) is 152 cm³/mol. The Bertz CT molecular complexity index is 1420. The fourth-order valence-electron chi connectivity index (χ4n) is 5.70. The first-order chi connectivity index (χ1) is 20.0. The Kier molecular flexibility index (Phi) is 8.23. The number of carbonyl (C=O) groups is 2. The van der Waals surface area contributed by atoms with Gasteiger partial charge in [0.25, 0.3) is 0 Å². The van der Waals surface area contributed by atoms with E-state index in [9.17, 15) is 9.59 Å². The number of hydrogen-bond donors (Lipinski definition) is 2. The van der Waals surface area contributed by atoms with Gasteiger partial charge in [0.05, 0.1) is 42.6 Å². The van der Waals surface area contributed by atoms with E-state index in [-0.39, 0.29) is 30.7 Å². The van der Waals surface area contributed by atoms with Crippen molar-refractivity contribution >= 4 is 23.2 Å². The molecule has 10 nitrogen and oxygen atoms in total. The molecule has 0 radical (unpaired) electrons. The molecule has 11 heteroatoms. The van der Waals surface area contributed by atoms with Gasteiger partial charge in [-0.05, 0) is 58.1 Å². The van der Waals surface area contributed by atoms with Crippen LogP contribution in [0.2, 0.25) is 0 Å². The van der Waals surface area contributed by atoms with Crippen LogP contribution < -0.4 is 15.4 Å². The van der Waals surface area contributed by atoms with Gasteiger partial charge in [0.1, 0.15) is 23.5 Å². The van der Waals surface area contributed by atoms with Crippen molar-refractivity contribution in [2.24, 2.45) is 0 Å². The lowest BCUT2D eigenvalue weighted by atomic mass is 9.68. The zero-order chi connectivity index (χ0) is 30.0. The van der Waals surface area contributed by atoms with Crippen molar-refractivity contribution in [3.05, 3.63) is 65.6 Å². The number of amides is 2. The number of nitrogens with one attached hydrogen (secondary N) is 2. The summed E-state index contributed by atoms with van der Waals surface area (Å²) in [6.07, 6.45) is 2.73. The summed E-state index contributed by atoms with van der Waals surface area (Å²) >= 11 is 0. The average molecular weight is 581 g/mol. The summed E-state index contributed by atoms with van der Waals surface area (Å²) in [6.45, 7) is 5.79. The highest BCUT2D eigenvalue weighted by atomic mass is 19.1. The average Bonchev–Trinajstić information content (AvgIpc) is 2.96. The minimum atomic E-state index is -0.845. The standard InChI is InChI=1S/C31H37FN4O6/c1-29(2,3)42-28(38)36-30-12-14-31(15-13-30,41-19-30)16-23(34-27(37)40-18-20-8-6-5-7-9-20)25-21(32)17-33-22-10-11-24(39-4)35-26(22)25/h5-11,17,23H,12-16,18-19H2,1-4H3,(H,34,37)(H,36,38). The SMILES string of the molecule is COc1ccc2ncc(F)c(C(CC34CCC(NC(=O)OC(C)(C)C)(CC3)CO4)NC(=O)OCc3ccccc3)c2n1. The van der Waals surface area contributed by atoms with Crippen LogP contribution in [-0.2, 0) is 20.8 Å². The number of benzene rings is 1. The van der Waals surface area contributed by atoms with Crippen LogP contribution in [0.5, 0.6) is 5.88 Å². The van der Waals surface area contributed by atoms with Gasteiger partial charge in [-0.15, -0.1) is 0 Å². The highest BCUT2D eigenvalue weighted by Crippen LogP contribution is 2.48. The summed E-state index contributed by atoms with van der Waals surface area (Å²) in [6, 6.07) is 11.8. The van der Waals surface area contributed by atoms with Gasteiger partial charge >= 0.3 is 12.2 Å². The van der Waals surface area contributed by atoms with Crippen LogP contribution in [-0.4, -0.2) is 52.6 Å². The van der Waals surface area contributed by atoms with Crippen molar-refractivity contribution in [1.29, 1.82) is 0 Å². The van der Waals surface area contributed by atoms with Crippen LogP contribution in [0.4, 0.5) is 14.0 Å². The minimum Gasteiger partial charge on any atom is -0.481 e. The summed E-state index contributed by atoms with van der Waals surface area (Å²) in [5.74, 6) is -0.315. The quantitative estimate of drug-likeness (QED) is 0.346. The molecule has 1 unspecified atom stereocenters. The molecule has 1 aliphatic carbocycles. The lowest BCUT2D eigenvalue weighted by Gasteiger charge is -2.54. The molecular weight excluding hydrogens is 543 g/mol. The molecule has 4 heterocycles. The highest BCUT2D eigenvalue weighted by molar-refractivity contribution is 5.80. The van der Waals surface area contributed by atoms with Gasteiger partial charge in [0.15, 0.2) is 0 Å². The zero-order valence-electron chi connectivity index (χ0n) is 24.4. The maximum absolute atomic E-state index is 15.6. The Morgan fingerprint density at radius 3 is 2.45 bits per heavy atom. The molecule has 1 atom stereocenters. The van der Waals surface area contributed by atoms with Crippen LogP contribution in [0.1, 0.15) is 70.0 Å². The van der Waals surface area contributed by atoms with E-state index >= 15 is 4.39 Å². The first-order valence-corrected chi connectivity index (χ1v) is 14.1. The van der Waals surface area contributed by atoms with Crippen molar-refractivity contribution in [2.75, 3.05) is 13.7 Å². The Morgan fingerprint density at radius 1 is 1.07 bits per heavy atom. The molecule has 2 amide bonds. The smallest absolute Gasteiger partial charge is 0.408 e. The van der Waals surface area contributed by atoms with Crippen molar-refractivity contribution in [1.82, 2.24) is 20.6 Å². The van der Waals surface area contributed by atoms with Gasteiger partial charge in [-0.1, -0.05) is 30.3 Å². The van der Waals surface area contributed by atoms with Gasteiger partial charge < -0.3 is 29.6 Å². The molecule has 2 N–H and O–H groups in total. The van der Waals surface area contributed by atoms with Crippen LogP contribution in [0.15, 0.2) is 48.7 Å². The third-order valence-corrected chi connectivity index (χ3v) is 7.86. The first kappa shape index (κ1) is 29.5. The maximum Gasteiger partial charge on any atom is 0.408 e. The third kappa shape index (κ3) is 6.73. The molecule has 3 fully saturated rings. The normalized spacial score (nSPS) is 22.3. The summed E-state index contributed by atoms with van der Waals surface area (Å²) in [7, 11) is 1.48. The number of halogens is 1. The molecule has 2 bridgehead atoms. The summed E-state index contributed by atoms with van der Waals surface area (Å²) in [5, 5.41) is 5.91. The predicted octanol–water partition coefficient (Wildman–Crippen LogP) is 5.74. The first-order valence-electron chi connectivity index (χ1n) is 14.1. The van der Waals surface area contributed by atoms with Gasteiger partial charge in [0, 0.05) is 18.1 Å². The number of nitrogens with zero attached hydrogens (tertiary/aromatic N) is 2. The van der Waals surface area contributed by atoms with Crippen molar-refractivity contribution in [3.8, 4) is 5.88 Å². The lowest BCUT2D eigenvalue weighted by Crippen LogP contribution is -2.63. The number of ether oxygens (including phenoxy) is 4. The molecule has 2 aromatic heterocycles. The molecule has 42 heavy (non-hydrogen) atoms. The molecule has 2 saturated heterocycles. The van der Waals surface area contributed by atoms with Gasteiger partial charge in [-0.3, -0.25) is 4.98 Å². The molecule has 3 aromatic rings. The number of pyridine rings is 2. The fraction of sp³-hybridized carbons (Fsp3) is 0.484. The molecular formula is C31H37FN4O6. The topological polar surface area (TPSA) is 121 Å². The molecule has 224 valence electrons. The molecule has 6 rings (SSSR count). The van der Waals surface area contributed by atoms with E-state index in [1.165, 1.54) is 7.11 Å². The Morgan fingerprint density at radius 2 is 1.81 bits per heavy atom. The van der Waals surface area contributed by atoms with E-state index in [2.05, 4.69) is 20.6 Å². The van der Waals surface area contributed by atoms with Crippen LogP contribution in [0, 0.1) is 5.82 Å². The summed E-state index contributed by atoms with van der Waals surface area (Å²) < 4.78 is 38.3. The van der Waals surface area contributed by atoms with Crippen LogP contribution in [0.25, 0.3) is 11.0 Å². The second-order valence-electron chi connectivity index (χ2n) is 12.1. The molecule has 0 spiro atoms. The highest BCUT2D eigenvalue weighted by Gasteiger charge is 2.52. The van der Waals surface area contributed by atoms with E-state index in [1.807, 2.05) is 51.1 Å². The van der Waals surface area contributed by atoms with E-state index in [0.717, 1.165) is 11.8 Å². The summed E-state index contributed by atoms with van der Waals surface area (Å²) in [5.41, 5.74) is -0.0544. The number of rotatable bonds is 8. The van der Waals surface area contributed by atoms with Gasteiger partial charge in [-0.2, -0.15) is 0 Å². The monoisotopic (exact) mass is 580 g/mol. The van der Waals surface area contributed by atoms with Crippen molar-refractivity contribution in [3.63, 3.8) is 0 Å². The number of hydrogen-bond acceptors (Lipinski definition) is 8. The molecule has 1 aromatic carbocycles. The van der Waals surface area contributed by atoms with Gasteiger partial charge in [-0.25, -0.2) is 19.0 Å². The molecule has 3 aliphatic rings. The number of fused-ring (bicyclic) bond motifs is 4. The Labute approximate surface area is 244 Å². The second-order valence-corrected chi connectivity index (χ2v) is 12.1. The lowest BCUT2D eigenvalue weighted by molar-refractivity contribution is -0.167. The third-order valence-electron chi connectivity index (χ3n) is 7.86. The van der Waals surface area contributed by atoms with E-state index in [1.54, 1.807) is 12.1 Å². The Hall–Kier alpha value is -3.99. The number of aromatic nitrogens is 2. The van der Waals surface area contributed by atoms with Crippen molar-refractivity contribution in [2.45, 2.75) is 82.3 Å². The van der Waals surface area contributed by atoms with Gasteiger partial charge in [0.2, 0.25) is 5.88 Å². The maximum atomic E-state index is 15.6. The van der Waals surface area contributed by atoms with Crippen LogP contribution in [0.3, 0.4) is 0 Å². The number of methoxy groups -OCH3 is 1.